The van der Waals surface area contributed by atoms with Crippen molar-refractivity contribution in [3.05, 3.63) is 16.3 Å². The number of rotatable bonds is 3. The number of carbonyl (C=O) groups is 1. The van der Waals surface area contributed by atoms with Crippen LogP contribution in [0.25, 0.3) is 0 Å². The first-order chi connectivity index (χ1) is 5.69. The molecule has 0 radical (unpaired) electrons. The predicted octanol–water partition coefficient (Wildman–Crippen LogP) is 0.684. The molecule has 0 N–H and O–H groups in total. The third kappa shape index (κ3) is 1.36. The van der Waals surface area contributed by atoms with Gasteiger partial charge >= 0.3 is 0 Å². The summed E-state index contributed by atoms with van der Waals surface area (Å²) in [5.41, 5.74) is 0.742. The smallest absolute Gasteiger partial charge is 0.199 e. The lowest BCUT2D eigenvalue weighted by Gasteiger charge is -1.97. The Morgan fingerprint density at radius 2 is 2.25 bits per heavy atom. The van der Waals surface area contributed by atoms with E-state index in [-0.39, 0.29) is 5.69 Å². The number of aryl methyl sites for hydroxylation is 1. The van der Waals surface area contributed by atoms with Crippen molar-refractivity contribution in [2.24, 2.45) is 5.18 Å². The van der Waals surface area contributed by atoms with E-state index in [1.54, 1.807) is 13.8 Å². The Hall–Kier alpha value is -1.59. The van der Waals surface area contributed by atoms with Crippen LogP contribution in [-0.4, -0.2) is 21.3 Å². The number of hydrogen-bond donors (Lipinski definition) is 0. The highest BCUT2D eigenvalue weighted by molar-refractivity contribution is 5.72. The van der Waals surface area contributed by atoms with Crippen LogP contribution in [0.15, 0.2) is 5.18 Å². The fraction of sp³-hybridized carbons (Fsp3) is 0.500. The van der Waals surface area contributed by atoms with Gasteiger partial charge in [0.25, 0.3) is 0 Å². The van der Waals surface area contributed by atoms with Crippen molar-refractivity contribution in [1.82, 2.24) is 15.0 Å². The van der Waals surface area contributed by atoms with E-state index < -0.39 is 6.17 Å². The van der Waals surface area contributed by atoms with E-state index >= 15 is 0 Å². The van der Waals surface area contributed by atoms with E-state index in [4.69, 9.17) is 0 Å². The molecule has 12 heavy (non-hydrogen) atoms. The highest BCUT2D eigenvalue weighted by Crippen LogP contribution is 2.05. The fourth-order valence-electron chi connectivity index (χ4n) is 0.728. The Balaban J connectivity index is 3.03. The standard InChI is InChI=1S/C6H8N4O2/c1-4-6(3-11)8-10(7-4)5(2)9-12/h3,5H,1-2H3. The maximum atomic E-state index is 10.3. The van der Waals surface area contributed by atoms with Gasteiger partial charge in [0.15, 0.2) is 12.5 Å². The summed E-state index contributed by atoms with van der Waals surface area (Å²) < 4.78 is 0. The molecule has 0 fully saturated rings. The molecule has 1 aromatic heterocycles. The number of hydrogen-bond acceptors (Lipinski definition) is 5. The summed E-state index contributed by atoms with van der Waals surface area (Å²) in [6, 6.07) is 0. The second kappa shape index (κ2) is 3.21. The maximum absolute atomic E-state index is 10.3. The average Bonchev–Trinajstić information content (AvgIpc) is 2.45. The van der Waals surface area contributed by atoms with Gasteiger partial charge in [0, 0.05) is 0 Å². The summed E-state index contributed by atoms with van der Waals surface area (Å²) in [6.45, 7) is 3.19. The first-order valence-corrected chi connectivity index (χ1v) is 3.40. The molecule has 0 aliphatic rings. The van der Waals surface area contributed by atoms with Crippen LogP contribution >= 0.6 is 0 Å². The quantitative estimate of drug-likeness (QED) is 0.491. The van der Waals surface area contributed by atoms with Gasteiger partial charge in [-0.3, -0.25) is 4.79 Å². The molecule has 0 aliphatic heterocycles. The molecule has 1 atom stereocenters. The number of nitrogens with zero attached hydrogens (tertiary/aromatic N) is 4. The molecule has 0 aliphatic carbocycles. The molecule has 0 spiro atoms. The molecule has 1 aromatic rings. The first kappa shape index (κ1) is 8.51. The van der Waals surface area contributed by atoms with Crippen LogP contribution in [0.5, 0.6) is 0 Å². The summed E-state index contributed by atoms with van der Waals surface area (Å²) in [7, 11) is 0. The van der Waals surface area contributed by atoms with Gasteiger partial charge in [-0.15, -0.1) is 10.0 Å². The molecule has 0 bridgehead atoms. The summed E-state index contributed by atoms with van der Waals surface area (Å²) >= 11 is 0. The van der Waals surface area contributed by atoms with Gasteiger partial charge in [0.2, 0.25) is 0 Å². The molecule has 0 saturated heterocycles. The highest BCUT2D eigenvalue weighted by Gasteiger charge is 2.10. The van der Waals surface area contributed by atoms with Crippen molar-refractivity contribution in [3.63, 3.8) is 0 Å². The summed E-state index contributed by atoms with van der Waals surface area (Å²) in [5, 5.41) is 10.3. The number of aromatic nitrogens is 3. The van der Waals surface area contributed by atoms with Crippen molar-refractivity contribution in [3.8, 4) is 0 Å². The minimum atomic E-state index is -0.669. The van der Waals surface area contributed by atoms with Crippen LogP contribution in [0.1, 0.15) is 29.3 Å². The van der Waals surface area contributed by atoms with Crippen LogP contribution in [0, 0.1) is 11.8 Å². The summed E-state index contributed by atoms with van der Waals surface area (Å²) in [5.74, 6) is 0. The zero-order valence-corrected chi connectivity index (χ0v) is 6.76. The van der Waals surface area contributed by atoms with Gasteiger partial charge in [-0.05, 0) is 19.0 Å². The van der Waals surface area contributed by atoms with E-state index in [2.05, 4.69) is 15.4 Å². The molecule has 64 valence electrons. The Labute approximate surface area is 68.5 Å². The molecule has 6 nitrogen and oxygen atoms in total. The van der Waals surface area contributed by atoms with Crippen molar-refractivity contribution in [2.45, 2.75) is 20.0 Å². The summed E-state index contributed by atoms with van der Waals surface area (Å²) in [4.78, 5) is 21.5. The normalized spacial score (nSPS) is 12.5. The monoisotopic (exact) mass is 168 g/mol. The van der Waals surface area contributed by atoms with Crippen molar-refractivity contribution in [1.29, 1.82) is 0 Å². The largest absolute Gasteiger partial charge is 0.296 e. The molecule has 0 amide bonds. The number of nitroso groups, excluding NO2 is 1. The minimum absolute atomic E-state index is 0.241. The first-order valence-electron chi connectivity index (χ1n) is 3.40. The van der Waals surface area contributed by atoms with E-state index in [1.165, 1.54) is 0 Å². The Bertz CT molecular complexity index is 306. The maximum Gasteiger partial charge on any atom is 0.199 e. The summed E-state index contributed by atoms with van der Waals surface area (Å²) in [6.07, 6.45) is -0.0755. The Kier molecular flexibility index (Phi) is 2.27. The fourth-order valence-corrected chi connectivity index (χ4v) is 0.728. The van der Waals surface area contributed by atoms with Crippen LogP contribution in [-0.2, 0) is 0 Å². The van der Waals surface area contributed by atoms with Crippen LogP contribution in [0.4, 0.5) is 0 Å². The topological polar surface area (TPSA) is 77.2 Å². The van der Waals surface area contributed by atoms with Crippen LogP contribution in [0.2, 0.25) is 0 Å². The van der Waals surface area contributed by atoms with Crippen LogP contribution in [0.3, 0.4) is 0 Å². The van der Waals surface area contributed by atoms with Crippen molar-refractivity contribution in [2.75, 3.05) is 0 Å². The Morgan fingerprint density at radius 1 is 1.58 bits per heavy atom. The molecular formula is C6H8N4O2. The van der Waals surface area contributed by atoms with Gasteiger partial charge in [0.05, 0.1) is 5.69 Å². The van der Waals surface area contributed by atoms with E-state index in [1.807, 2.05) is 0 Å². The number of aldehydes is 1. The lowest BCUT2D eigenvalue weighted by Crippen LogP contribution is -2.06. The van der Waals surface area contributed by atoms with Crippen molar-refractivity contribution < 1.29 is 4.79 Å². The molecule has 6 heteroatoms. The highest BCUT2D eigenvalue weighted by atomic mass is 16.3. The lowest BCUT2D eigenvalue weighted by molar-refractivity contribution is 0.111. The SMILES string of the molecule is Cc1nn(C(C)N=O)nc1C=O. The van der Waals surface area contributed by atoms with Gasteiger partial charge in [-0.2, -0.15) is 9.90 Å². The second-order valence-corrected chi connectivity index (χ2v) is 2.35. The van der Waals surface area contributed by atoms with Gasteiger partial charge < -0.3 is 0 Å². The third-order valence-electron chi connectivity index (χ3n) is 1.43. The molecule has 1 heterocycles. The van der Waals surface area contributed by atoms with Gasteiger partial charge in [-0.25, -0.2) is 0 Å². The number of carbonyl (C=O) groups excluding carboxylic acids is 1. The predicted molar refractivity (Wildman–Crippen MR) is 40.7 cm³/mol. The zero-order chi connectivity index (χ0) is 9.14. The van der Waals surface area contributed by atoms with Gasteiger partial charge in [0.1, 0.15) is 5.69 Å². The third-order valence-corrected chi connectivity index (χ3v) is 1.43. The van der Waals surface area contributed by atoms with Crippen molar-refractivity contribution >= 4 is 6.29 Å². The molecule has 1 unspecified atom stereocenters. The molecule has 1 rings (SSSR count). The molecule has 0 aromatic carbocycles. The lowest BCUT2D eigenvalue weighted by atomic mass is 10.4. The van der Waals surface area contributed by atoms with E-state index in [0.29, 0.717) is 12.0 Å². The van der Waals surface area contributed by atoms with Crippen LogP contribution < -0.4 is 0 Å². The van der Waals surface area contributed by atoms with Gasteiger partial charge in [-0.1, -0.05) is 0 Å². The zero-order valence-electron chi connectivity index (χ0n) is 6.76. The van der Waals surface area contributed by atoms with E-state index in [0.717, 1.165) is 4.80 Å². The molecular weight excluding hydrogens is 160 g/mol. The second-order valence-electron chi connectivity index (χ2n) is 2.35. The van der Waals surface area contributed by atoms with E-state index in [9.17, 15) is 9.70 Å². The Morgan fingerprint density at radius 3 is 2.67 bits per heavy atom. The average molecular weight is 168 g/mol. The molecule has 0 saturated carbocycles. The minimum Gasteiger partial charge on any atom is -0.296 e.